The summed E-state index contributed by atoms with van der Waals surface area (Å²) in [5.41, 5.74) is 0.272. The highest BCUT2D eigenvalue weighted by atomic mass is 16.4. The average Bonchev–Trinajstić information content (AvgIpc) is 2.54. The summed E-state index contributed by atoms with van der Waals surface area (Å²) in [5.74, 6) is -0.148. The average molecular weight is 284 g/mol. The minimum atomic E-state index is -1.38. The summed E-state index contributed by atoms with van der Waals surface area (Å²) in [5, 5.41) is 31.8. The lowest BCUT2D eigenvalue weighted by atomic mass is 9.69. The molecule has 0 amide bonds. The first-order valence-electron chi connectivity index (χ1n) is 7.32. The summed E-state index contributed by atoms with van der Waals surface area (Å²) in [7, 11) is 0. The zero-order valence-electron chi connectivity index (χ0n) is 11.8. The predicted molar refractivity (Wildman–Crippen MR) is 80.8 cm³/mol. The molecular weight excluding hydrogens is 264 g/mol. The molecular formula is C18H20O3. The Balaban J connectivity index is 1.88. The van der Waals surface area contributed by atoms with Crippen LogP contribution in [-0.4, -0.2) is 27.5 Å². The molecule has 1 fully saturated rings. The van der Waals surface area contributed by atoms with Crippen LogP contribution in [-0.2, 0) is 5.60 Å². The molecule has 0 unspecified atom stereocenters. The first-order chi connectivity index (χ1) is 10.1. The van der Waals surface area contributed by atoms with Gasteiger partial charge in [0.1, 0.15) is 11.7 Å². The fraction of sp³-hybridized carbons (Fsp3) is 0.333. The van der Waals surface area contributed by atoms with E-state index in [0.29, 0.717) is 18.4 Å². The molecule has 0 spiro atoms. The lowest BCUT2D eigenvalue weighted by Gasteiger charge is -2.44. The standard InChI is InChI=1S/C18H20O3/c19-16-15(13-7-3-1-4-8-13)11-12-18(21,17(16)20)14-9-5-2-6-10-14/h1-10,15-17,19-21H,11-12H2/t15-,16-,17-,18-/m1/s1. The van der Waals surface area contributed by atoms with Crippen molar-refractivity contribution >= 4 is 0 Å². The van der Waals surface area contributed by atoms with Crippen LogP contribution >= 0.6 is 0 Å². The number of benzene rings is 2. The van der Waals surface area contributed by atoms with E-state index in [-0.39, 0.29) is 5.92 Å². The van der Waals surface area contributed by atoms with Crippen LogP contribution in [0.1, 0.15) is 29.9 Å². The normalized spacial score (nSPS) is 32.8. The quantitative estimate of drug-likeness (QED) is 0.792. The van der Waals surface area contributed by atoms with Crippen molar-refractivity contribution in [2.24, 2.45) is 0 Å². The van der Waals surface area contributed by atoms with Crippen molar-refractivity contribution in [2.75, 3.05) is 0 Å². The molecule has 110 valence electrons. The summed E-state index contributed by atoms with van der Waals surface area (Å²) in [6, 6.07) is 18.8. The Morgan fingerprint density at radius 3 is 2.05 bits per heavy atom. The number of rotatable bonds is 2. The maximum absolute atomic E-state index is 10.8. The molecule has 1 aliphatic rings. The smallest absolute Gasteiger partial charge is 0.118 e. The number of hydrogen-bond donors (Lipinski definition) is 3. The van der Waals surface area contributed by atoms with Gasteiger partial charge in [-0.05, 0) is 24.0 Å². The Bertz CT molecular complexity index is 584. The molecule has 0 radical (unpaired) electrons. The van der Waals surface area contributed by atoms with Crippen LogP contribution < -0.4 is 0 Å². The van der Waals surface area contributed by atoms with Crippen molar-refractivity contribution < 1.29 is 15.3 Å². The van der Waals surface area contributed by atoms with Crippen LogP contribution in [0.2, 0.25) is 0 Å². The van der Waals surface area contributed by atoms with Crippen LogP contribution in [0.15, 0.2) is 60.7 Å². The summed E-state index contributed by atoms with van der Waals surface area (Å²) in [6.07, 6.45) is -1.12. The molecule has 0 saturated heterocycles. The zero-order valence-corrected chi connectivity index (χ0v) is 11.8. The van der Waals surface area contributed by atoms with Crippen LogP contribution in [0.25, 0.3) is 0 Å². The van der Waals surface area contributed by atoms with Crippen molar-refractivity contribution in [2.45, 2.75) is 36.6 Å². The lowest BCUT2D eigenvalue weighted by Crippen LogP contribution is -2.52. The molecule has 21 heavy (non-hydrogen) atoms. The van der Waals surface area contributed by atoms with Gasteiger partial charge in [0.05, 0.1) is 6.10 Å². The van der Waals surface area contributed by atoms with E-state index in [4.69, 9.17) is 0 Å². The van der Waals surface area contributed by atoms with Crippen LogP contribution in [0.4, 0.5) is 0 Å². The molecule has 0 bridgehead atoms. The van der Waals surface area contributed by atoms with Crippen molar-refractivity contribution in [1.29, 1.82) is 0 Å². The highest BCUT2D eigenvalue weighted by Gasteiger charge is 2.48. The third-order valence-electron chi connectivity index (χ3n) is 4.56. The molecule has 3 N–H and O–H groups in total. The Labute approximate surface area is 124 Å². The second-order valence-corrected chi connectivity index (χ2v) is 5.78. The summed E-state index contributed by atoms with van der Waals surface area (Å²) in [4.78, 5) is 0. The minimum absolute atomic E-state index is 0.148. The summed E-state index contributed by atoms with van der Waals surface area (Å²) in [6.45, 7) is 0. The minimum Gasteiger partial charge on any atom is -0.390 e. The Hall–Kier alpha value is -1.68. The van der Waals surface area contributed by atoms with E-state index in [2.05, 4.69) is 0 Å². The third kappa shape index (κ3) is 2.48. The van der Waals surface area contributed by atoms with Gasteiger partial charge in [-0.15, -0.1) is 0 Å². The van der Waals surface area contributed by atoms with Crippen molar-refractivity contribution in [3.05, 3.63) is 71.8 Å². The van der Waals surface area contributed by atoms with Gasteiger partial charge in [-0.25, -0.2) is 0 Å². The fourth-order valence-corrected chi connectivity index (χ4v) is 3.30. The van der Waals surface area contributed by atoms with Crippen molar-refractivity contribution in [3.63, 3.8) is 0 Å². The van der Waals surface area contributed by atoms with Crippen molar-refractivity contribution in [3.8, 4) is 0 Å². The van der Waals surface area contributed by atoms with E-state index in [9.17, 15) is 15.3 Å². The van der Waals surface area contributed by atoms with E-state index >= 15 is 0 Å². The van der Waals surface area contributed by atoms with E-state index in [1.54, 1.807) is 12.1 Å². The first kappa shape index (κ1) is 14.3. The second-order valence-electron chi connectivity index (χ2n) is 5.78. The first-order valence-corrected chi connectivity index (χ1v) is 7.32. The molecule has 4 atom stereocenters. The zero-order chi connectivity index (χ0) is 14.9. The summed E-state index contributed by atoms with van der Waals surface area (Å²) < 4.78 is 0. The van der Waals surface area contributed by atoms with Gasteiger partial charge >= 0.3 is 0 Å². The molecule has 1 saturated carbocycles. The molecule has 0 aliphatic heterocycles. The molecule has 3 rings (SSSR count). The van der Waals surface area contributed by atoms with Gasteiger partial charge in [0.2, 0.25) is 0 Å². The maximum Gasteiger partial charge on any atom is 0.118 e. The molecule has 0 aromatic heterocycles. The molecule has 2 aromatic rings. The number of aliphatic hydroxyl groups excluding tert-OH is 2. The molecule has 0 heterocycles. The van der Waals surface area contributed by atoms with Gasteiger partial charge in [0.25, 0.3) is 0 Å². The molecule has 1 aliphatic carbocycles. The number of hydrogen-bond acceptors (Lipinski definition) is 3. The van der Waals surface area contributed by atoms with Gasteiger partial charge in [-0.3, -0.25) is 0 Å². The number of aliphatic hydroxyl groups is 3. The van der Waals surface area contributed by atoms with E-state index < -0.39 is 17.8 Å². The SMILES string of the molecule is O[C@@H]1[C@@H](c2ccccc2)CC[C@@](O)(c2ccccc2)[C@@H]1O. The second kappa shape index (κ2) is 5.60. The van der Waals surface area contributed by atoms with Crippen molar-refractivity contribution in [1.82, 2.24) is 0 Å². The molecule has 2 aromatic carbocycles. The van der Waals surface area contributed by atoms with Gasteiger partial charge in [0, 0.05) is 5.92 Å². The van der Waals surface area contributed by atoms with Crippen LogP contribution in [0, 0.1) is 0 Å². The largest absolute Gasteiger partial charge is 0.390 e. The van der Waals surface area contributed by atoms with Crippen LogP contribution in [0.3, 0.4) is 0 Å². The monoisotopic (exact) mass is 284 g/mol. The topological polar surface area (TPSA) is 60.7 Å². The van der Waals surface area contributed by atoms with Crippen LogP contribution in [0.5, 0.6) is 0 Å². The third-order valence-corrected chi connectivity index (χ3v) is 4.56. The van der Waals surface area contributed by atoms with Gasteiger partial charge < -0.3 is 15.3 Å². The Kier molecular flexibility index (Phi) is 3.81. The Morgan fingerprint density at radius 1 is 0.857 bits per heavy atom. The van der Waals surface area contributed by atoms with Gasteiger partial charge in [-0.1, -0.05) is 60.7 Å². The van der Waals surface area contributed by atoms with E-state index in [1.165, 1.54) is 0 Å². The van der Waals surface area contributed by atoms with Gasteiger partial charge in [0.15, 0.2) is 0 Å². The fourth-order valence-electron chi connectivity index (χ4n) is 3.30. The highest BCUT2D eigenvalue weighted by molar-refractivity contribution is 5.29. The van der Waals surface area contributed by atoms with Gasteiger partial charge in [-0.2, -0.15) is 0 Å². The highest BCUT2D eigenvalue weighted by Crippen LogP contribution is 2.43. The Morgan fingerprint density at radius 2 is 1.43 bits per heavy atom. The van der Waals surface area contributed by atoms with E-state index in [1.807, 2.05) is 48.5 Å². The maximum atomic E-state index is 10.8. The molecule has 3 heteroatoms. The molecule has 3 nitrogen and oxygen atoms in total. The van der Waals surface area contributed by atoms with E-state index in [0.717, 1.165) is 5.56 Å². The predicted octanol–water partition coefficient (Wildman–Crippen LogP) is 2.17. The lowest BCUT2D eigenvalue weighted by molar-refractivity contribution is -0.163. The summed E-state index contributed by atoms with van der Waals surface area (Å²) >= 11 is 0.